The number of nitrogens with one attached hydrogen (secondary N) is 1. The normalized spacial score (nSPS) is 27.5. The molecule has 12 heteroatoms. The van der Waals surface area contributed by atoms with Crippen LogP contribution >= 0.6 is 0 Å². The maximum Gasteiger partial charge on any atom is 0.255 e. The fraction of sp³-hybridized carbons (Fsp3) is 0.480. The van der Waals surface area contributed by atoms with E-state index in [9.17, 15) is 39.2 Å². The Labute approximate surface area is 211 Å². The average molecular weight is 522 g/mol. The van der Waals surface area contributed by atoms with Crippen molar-refractivity contribution in [2.75, 3.05) is 14.1 Å². The van der Waals surface area contributed by atoms with Crippen LogP contribution in [0.1, 0.15) is 37.0 Å². The monoisotopic (exact) mass is 521 g/mol. The van der Waals surface area contributed by atoms with Crippen molar-refractivity contribution in [3.05, 3.63) is 45.2 Å². The van der Waals surface area contributed by atoms with Crippen LogP contribution in [-0.4, -0.2) is 74.6 Å². The minimum absolute atomic E-state index is 0.145. The molecule has 0 aliphatic heterocycles. The van der Waals surface area contributed by atoms with E-state index in [1.54, 1.807) is 13.8 Å². The Balaban J connectivity index is 1.96. The van der Waals surface area contributed by atoms with Crippen molar-refractivity contribution in [1.29, 1.82) is 0 Å². The van der Waals surface area contributed by atoms with Crippen molar-refractivity contribution in [3.8, 4) is 5.75 Å². The Morgan fingerprint density at radius 1 is 1.19 bits per heavy atom. The Hall–Kier alpha value is -3.35. The number of carbonyl (C=O) groups is 3. The van der Waals surface area contributed by atoms with Gasteiger partial charge in [0.25, 0.3) is 5.91 Å². The zero-order valence-corrected chi connectivity index (χ0v) is 20.7. The minimum atomic E-state index is -2.80. The molecule has 3 aliphatic carbocycles. The van der Waals surface area contributed by atoms with Gasteiger partial charge in [-0.1, -0.05) is 13.8 Å². The molecule has 10 nitrogen and oxygen atoms in total. The van der Waals surface area contributed by atoms with E-state index in [1.165, 1.54) is 19.0 Å². The van der Waals surface area contributed by atoms with E-state index in [0.717, 1.165) is 0 Å². The number of benzene rings is 1. The summed E-state index contributed by atoms with van der Waals surface area (Å²) in [5.41, 5.74) is -0.186. The number of aliphatic hydroxyl groups is 3. The number of aromatic hydroxyl groups is 1. The number of Topliss-reactive ketones (excluding diaryl/α,β-unsaturated/α-hetero) is 2. The second-order valence-electron chi connectivity index (χ2n) is 10.3. The van der Waals surface area contributed by atoms with Gasteiger partial charge < -0.3 is 31.5 Å². The van der Waals surface area contributed by atoms with Crippen LogP contribution in [-0.2, 0) is 27.3 Å². The number of nitrogens with two attached hydrogens (primary N) is 1. The van der Waals surface area contributed by atoms with Crippen LogP contribution in [0, 0.1) is 23.5 Å². The Morgan fingerprint density at radius 3 is 2.35 bits per heavy atom. The van der Waals surface area contributed by atoms with Crippen LogP contribution in [0.5, 0.6) is 5.75 Å². The standard InChI is InChI=1S/C25H29F2N3O7/c1-8(2)29-7-11-17(27)16(26)10-5-9-6-12-18(30(3)4)21(33)15(24(28)36)23(35)25(12,37)22(34)13(9)20(32)14(10)19(11)31/h8-9,12,18,29,31-32,35,37H,5-7H2,1-4H3,(H2,28,36)/t9-,12-,18-,25-/m0/s1. The van der Waals surface area contributed by atoms with Crippen molar-refractivity contribution in [2.24, 2.45) is 17.6 Å². The van der Waals surface area contributed by atoms with Gasteiger partial charge in [0, 0.05) is 35.2 Å². The molecule has 1 aromatic carbocycles. The summed E-state index contributed by atoms with van der Waals surface area (Å²) >= 11 is 0. The van der Waals surface area contributed by atoms with Gasteiger partial charge in [-0.15, -0.1) is 0 Å². The number of hydrogen-bond donors (Lipinski definition) is 6. The molecule has 0 heterocycles. The lowest BCUT2D eigenvalue weighted by Crippen LogP contribution is -2.65. The zero-order valence-electron chi connectivity index (χ0n) is 20.7. The largest absolute Gasteiger partial charge is 0.508 e. The van der Waals surface area contributed by atoms with Crippen molar-refractivity contribution in [1.82, 2.24) is 10.2 Å². The Morgan fingerprint density at radius 2 is 1.81 bits per heavy atom. The zero-order chi connectivity index (χ0) is 27.7. The second-order valence-corrected chi connectivity index (χ2v) is 10.3. The summed E-state index contributed by atoms with van der Waals surface area (Å²) in [5.74, 6) is -11.2. The third-order valence-electron chi connectivity index (χ3n) is 7.55. The molecule has 1 fully saturated rings. The topological polar surface area (TPSA) is 173 Å². The molecule has 0 aromatic heterocycles. The highest BCUT2D eigenvalue weighted by atomic mass is 19.2. The lowest BCUT2D eigenvalue weighted by atomic mass is 9.57. The van der Waals surface area contributed by atoms with Gasteiger partial charge in [-0.2, -0.15) is 0 Å². The Kier molecular flexibility index (Phi) is 6.42. The lowest BCUT2D eigenvalue weighted by Gasteiger charge is -2.50. The van der Waals surface area contributed by atoms with Gasteiger partial charge in [-0.05, 0) is 32.9 Å². The summed E-state index contributed by atoms with van der Waals surface area (Å²) in [6.45, 7) is 3.23. The quantitative estimate of drug-likeness (QED) is 0.306. The molecule has 0 bridgehead atoms. The summed E-state index contributed by atoms with van der Waals surface area (Å²) in [4.78, 5) is 40.1. The number of phenols is 1. The molecule has 3 aliphatic rings. The van der Waals surface area contributed by atoms with E-state index < -0.39 is 92.1 Å². The summed E-state index contributed by atoms with van der Waals surface area (Å²) in [6.07, 6.45) is -0.549. The number of aliphatic hydroxyl groups excluding tert-OH is 2. The summed E-state index contributed by atoms with van der Waals surface area (Å²) in [5, 5.41) is 47.2. The van der Waals surface area contributed by atoms with Gasteiger partial charge >= 0.3 is 0 Å². The Bertz CT molecular complexity index is 1300. The molecular formula is C25H29F2N3O7. The molecule has 7 N–H and O–H groups in total. The minimum Gasteiger partial charge on any atom is -0.508 e. The first-order valence-corrected chi connectivity index (χ1v) is 11.8. The molecule has 1 aromatic rings. The molecular weight excluding hydrogens is 492 g/mol. The number of amides is 1. The van der Waals surface area contributed by atoms with Crippen LogP contribution in [0.2, 0.25) is 0 Å². The maximum atomic E-state index is 15.2. The number of carbonyl (C=O) groups excluding carboxylic acids is 3. The molecule has 0 spiro atoms. The van der Waals surface area contributed by atoms with Crippen molar-refractivity contribution < 1.29 is 43.6 Å². The molecule has 37 heavy (non-hydrogen) atoms. The van der Waals surface area contributed by atoms with Gasteiger partial charge in [-0.3, -0.25) is 19.3 Å². The van der Waals surface area contributed by atoms with E-state index >= 15 is 4.39 Å². The van der Waals surface area contributed by atoms with Crippen LogP contribution in [0.3, 0.4) is 0 Å². The SMILES string of the molecule is CC(C)NCc1c(O)c2c(c(F)c1F)C[C@H]1C[C@H]3[C@H](N(C)C)C(=O)C(C(N)=O)=C(O)[C@@]3(O)C(=O)C1=C2O. The van der Waals surface area contributed by atoms with E-state index in [4.69, 9.17) is 5.73 Å². The molecule has 1 saturated carbocycles. The number of rotatable bonds is 5. The molecule has 0 radical (unpaired) electrons. The molecule has 0 saturated heterocycles. The van der Waals surface area contributed by atoms with Crippen LogP contribution < -0.4 is 11.1 Å². The lowest BCUT2D eigenvalue weighted by molar-refractivity contribution is -0.153. The summed E-state index contributed by atoms with van der Waals surface area (Å²) in [6, 6.07) is -1.41. The number of primary amides is 1. The molecule has 1 amide bonds. The third-order valence-corrected chi connectivity index (χ3v) is 7.55. The molecule has 0 unspecified atom stereocenters. The summed E-state index contributed by atoms with van der Waals surface area (Å²) in [7, 11) is 2.93. The predicted molar refractivity (Wildman–Crippen MR) is 126 cm³/mol. The van der Waals surface area contributed by atoms with Crippen molar-refractivity contribution in [3.63, 3.8) is 0 Å². The van der Waals surface area contributed by atoms with Crippen LogP contribution in [0.25, 0.3) is 5.76 Å². The van der Waals surface area contributed by atoms with Crippen molar-refractivity contribution in [2.45, 2.75) is 50.9 Å². The number of nitrogens with zero attached hydrogens (tertiary/aromatic N) is 1. The first-order chi connectivity index (χ1) is 17.2. The number of ketones is 2. The number of likely N-dealkylation sites (N-methyl/N-ethyl adjacent to an activating group) is 1. The third kappa shape index (κ3) is 3.65. The highest BCUT2D eigenvalue weighted by molar-refractivity contribution is 6.24. The first-order valence-electron chi connectivity index (χ1n) is 11.8. The first kappa shape index (κ1) is 26.7. The van der Waals surface area contributed by atoms with E-state index in [0.29, 0.717) is 0 Å². The average Bonchev–Trinajstić information content (AvgIpc) is 2.79. The van der Waals surface area contributed by atoms with Gasteiger partial charge in [0.15, 0.2) is 23.0 Å². The number of halogens is 2. The smallest absolute Gasteiger partial charge is 0.255 e. The highest BCUT2D eigenvalue weighted by Gasteiger charge is 2.64. The fourth-order valence-electron chi connectivity index (χ4n) is 5.82. The molecule has 4 rings (SSSR count). The number of hydrogen-bond acceptors (Lipinski definition) is 9. The van der Waals surface area contributed by atoms with Gasteiger partial charge in [-0.25, -0.2) is 8.78 Å². The number of fused-ring (bicyclic) bond motifs is 3. The highest BCUT2D eigenvalue weighted by Crippen LogP contribution is 2.53. The molecule has 200 valence electrons. The van der Waals surface area contributed by atoms with E-state index in [2.05, 4.69) is 5.32 Å². The molecule has 4 atom stereocenters. The predicted octanol–water partition coefficient (Wildman–Crippen LogP) is 0.740. The van der Waals surface area contributed by atoms with Gasteiger partial charge in [0.1, 0.15) is 22.8 Å². The second kappa shape index (κ2) is 8.89. The van der Waals surface area contributed by atoms with Gasteiger partial charge in [0.2, 0.25) is 5.78 Å². The van der Waals surface area contributed by atoms with E-state index in [-0.39, 0.29) is 31.0 Å². The van der Waals surface area contributed by atoms with Crippen LogP contribution in [0.4, 0.5) is 8.78 Å². The van der Waals surface area contributed by atoms with E-state index in [1.807, 2.05) is 0 Å². The fourth-order valence-corrected chi connectivity index (χ4v) is 5.82. The van der Waals surface area contributed by atoms with Crippen molar-refractivity contribution >= 4 is 23.2 Å². The maximum absolute atomic E-state index is 15.2. The van der Waals surface area contributed by atoms with Gasteiger partial charge in [0.05, 0.1) is 11.6 Å². The number of phenolic OH excluding ortho intramolecular Hbond substituents is 1. The summed E-state index contributed by atoms with van der Waals surface area (Å²) < 4.78 is 30.1. The van der Waals surface area contributed by atoms with Crippen LogP contribution in [0.15, 0.2) is 16.9 Å².